The number of ether oxygens (including phenoxy) is 2. The van der Waals surface area contributed by atoms with Crippen LogP contribution < -0.4 is 19.6 Å². The molecule has 35 heavy (non-hydrogen) atoms. The number of thiazole rings is 1. The summed E-state index contributed by atoms with van der Waals surface area (Å²) < 4.78 is 19.3. The van der Waals surface area contributed by atoms with E-state index in [2.05, 4.69) is 0 Å². The zero-order valence-electron chi connectivity index (χ0n) is 18.7. The number of methoxy groups -OCH3 is 1. The molecule has 2 bridgehead atoms. The number of halogens is 1. The molecule has 0 unspecified atom stereocenters. The van der Waals surface area contributed by atoms with Gasteiger partial charge >= 0.3 is 5.97 Å². The van der Waals surface area contributed by atoms with E-state index in [9.17, 15) is 9.59 Å². The standard InChI is InChI=1S/C26H19ClN2O5S/c1-26-21(24(31)32-2)22(16-8-4-6-10-19(16)34-26)29-23(30)20(35-25(29)28-26)13-14-11-12-18(33-14)15-7-3-5-9-17(15)27/h3-13,21-22H,1-2H3/b20-13+/t21-,22-,26-/m1/s1. The Labute approximate surface area is 208 Å². The van der Waals surface area contributed by atoms with Gasteiger partial charge in [0.15, 0.2) is 4.80 Å². The van der Waals surface area contributed by atoms with Gasteiger partial charge in [-0.2, -0.15) is 0 Å². The summed E-state index contributed by atoms with van der Waals surface area (Å²) >= 11 is 7.52. The van der Waals surface area contributed by atoms with E-state index in [1.54, 1.807) is 29.7 Å². The smallest absolute Gasteiger partial charge is 0.317 e. The van der Waals surface area contributed by atoms with Crippen LogP contribution in [0, 0.1) is 5.92 Å². The molecule has 6 rings (SSSR count). The second-order valence-electron chi connectivity index (χ2n) is 8.50. The van der Waals surface area contributed by atoms with E-state index < -0.39 is 23.7 Å². The van der Waals surface area contributed by atoms with Crippen molar-refractivity contribution < 1.29 is 18.7 Å². The zero-order chi connectivity index (χ0) is 24.3. The highest BCUT2D eigenvalue weighted by atomic mass is 35.5. The van der Waals surface area contributed by atoms with Crippen LogP contribution in [0.3, 0.4) is 0 Å². The molecule has 0 radical (unpaired) electrons. The predicted molar refractivity (Wildman–Crippen MR) is 131 cm³/mol. The fourth-order valence-electron chi connectivity index (χ4n) is 4.80. The van der Waals surface area contributed by atoms with Gasteiger partial charge in [-0.05, 0) is 37.3 Å². The van der Waals surface area contributed by atoms with Crippen molar-refractivity contribution in [2.45, 2.75) is 18.7 Å². The van der Waals surface area contributed by atoms with Crippen LogP contribution in [-0.2, 0) is 9.53 Å². The maximum atomic E-state index is 13.6. The van der Waals surface area contributed by atoms with E-state index in [4.69, 9.17) is 30.5 Å². The number of hydrogen-bond donors (Lipinski definition) is 0. The lowest BCUT2D eigenvalue weighted by molar-refractivity contribution is -0.158. The van der Waals surface area contributed by atoms with Crippen molar-refractivity contribution in [2.75, 3.05) is 7.11 Å². The molecule has 0 N–H and O–H groups in total. The Bertz CT molecular complexity index is 1670. The first-order chi connectivity index (χ1) is 16.9. The van der Waals surface area contributed by atoms with Gasteiger partial charge in [0.1, 0.15) is 23.2 Å². The van der Waals surface area contributed by atoms with Crippen LogP contribution in [0.2, 0.25) is 5.02 Å². The molecule has 0 amide bonds. The normalized spacial score (nSPS) is 22.5. The van der Waals surface area contributed by atoms with Crippen molar-refractivity contribution in [3.63, 3.8) is 0 Å². The Hall–Kier alpha value is -3.62. The molecule has 4 heterocycles. The molecular weight excluding hydrogens is 488 g/mol. The number of aromatic nitrogens is 1. The van der Waals surface area contributed by atoms with Crippen LogP contribution in [0.15, 0.2) is 74.9 Å². The van der Waals surface area contributed by atoms with Gasteiger partial charge in [0.25, 0.3) is 5.56 Å². The summed E-state index contributed by atoms with van der Waals surface area (Å²) in [5, 5.41) is 0.576. The highest BCUT2D eigenvalue weighted by molar-refractivity contribution is 7.07. The summed E-state index contributed by atoms with van der Waals surface area (Å²) in [5.41, 5.74) is 0.0364. The molecule has 176 valence electrons. The Morgan fingerprint density at radius 2 is 1.94 bits per heavy atom. The number of carbonyl (C=O) groups is 1. The number of hydrogen-bond acceptors (Lipinski definition) is 7. The number of benzene rings is 2. The van der Waals surface area contributed by atoms with Gasteiger partial charge in [0, 0.05) is 17.2 Å². The van der Waals surface area contributed by atoms with Gasteiger partial charge in [-0.1, -0.05) is 53.3 Å². The lowest BCUT2D eigenvalue weighted by atomic mass is 9.81. The van der Waals surface area contributed by atoms with Crippen molar-refractivity contribution in [3.8, 4) is 17.1 Å². The van der Waals surface area contributed by atoms with E-state index in [0.29, 0.717) is 31.6 Å². The first-order valence-corrected chi connectivity index (χ1v) is 12.1. The average molecular weight is 507 g/mol. The van der Waals surface area contributed by atoms with Crippen molar-refractivity contribution >= 4 is 35.0 Å². The topological polar surface area (TPSA) is 83.0 Å². The number of fused-ring (bicyclic) bond motifs is 6. The fourth-order valence-corrected chi connectivity index (χ4v) is 6.10. The van der Waals surface area contributed by atoms with Crippen LogP contribution in [-0.4, -0.2) is 23.4 Å². The molecule has 7 nitrogen and oxygen atoms in total. The summed E-state index contributed by atoms with van der Waals surface area (Å²) in [6, 6.07) is 17.8. The molecule has 9 heteroatoms. The van der Waals surface area contributed by atoms with Crippen LogP contribution in [0.1, 0.15) is 24.3 Å². The second-order valence-corrected chi connectivity index (χ2v) is 9.92. The summed E-state index contributed by atoms with van der Waals surface area (Å²) in [6.45, 7) is 1.75. The van der Waals surface area contributed by atoms with Gasteiger partial charge in [-0.15, -0.1) is 0 Å². The van der Waals surface area contributed by atoms with Crippen LogP contribution in [0.25, 0.3) is 17.4 Å². The van der Waals surface area contributed by atoms with Gasteiger partial charge in [0.05, 0.1) is 22.7 Å². The highest BCUT2D eigenvalue weighted by Gasteiger charge is 2.55. The fraction of sp³-hybridized carbons (Fsp3) is 0.192. The Kier molecular flexibility index (Phi) is 4.98. The molecule has 3 atom stereocenters. The first kappa shape index (κ1) is 21.9. The molecule has 0 saturated heterocycles. The van der Waals surface area contributed by atoms with Gasteiger partial charge in [0.2, 0.25) is 5.72 Å². The van der Waals surface area contributed by atoms with Crippen molar-refractivity contribution in [1.29, 1.82) is 0 Å². The van der Waals surface area contributed by atoms with Crippen molar-refractivity contribution in [2.24, 2.45) is 10.9 Å². The van der Waals surface area contributed by atoms with Gasteiger partial charge in [-0.3, -0.25) is 14.2 Å². The Morgan fingerprint density at radius 3 is 2.74 bits per heavy atom. The van der Waals surface area contributed by atoms with Crippen molar-refractivity contribution in [3.05, 3.63) is 96.7 Å². The molecule has 2 aromatic carbocycles. The van der Waals surface area contributed by atoms with Gasteiger partial charge < -0.3 is 13.9 Å². The Balaban J connectivity index is 1.52. The molecule has 2 aliphatic heterocycles. The molecule has 4 aromatic rings. The summed E-state index contributed by atoms with van der Waals surface area (Å²) in [6.07, 6.45) is 1.68. The van der Waals surface area contributed by atoms with E-state index >= 15 is 0 Å². The summed E-state index contributed by atoms with van der Waals surface area (Å²) in [5.74, 6) is 0.399. The van der Waals surface area contributed by atoms with Gasteiger partial charge in [-0.25, -0.2) is 4.99 Å². The van der Waals surface area contributed by atoms with Crippen molar-refractivity contribution in [1.82, 2.24) is 4.57 Å². The lowest BCUT2D eigenvalue weighted by Gasteiger charge is -2.44. The van der Waals surface area contributed by atoms with E-state index in [1.807, 2.05) is 48.5 Å². The number of nitrogens with zero attached hydrogens (tertiary/aromatic N) is 2. The quantitative estimate of drug-likeness (QED) is 0.395. The number of para-hydroxylation sites is 1. The van der Waals surface area contributed by atoms with Crippen LogP contribution in [0.5, 0.6) is 5.75 Å². The minimum atomic E-state index is -1.21. The first-order valence-electron chi connectivity index (χ1n) is 10.9. The molecule has 2 aliphatic rings. The molecular formula is C26H19ClN2O5S. The number of carbonyl (C=O) groups excluding carboxylic acids is 1. The predicted octanol–water partition coefficient (Wildman–Crippen LogP) is 3.77. The van der Waals surface area contributed by atoms with E-state index in [0.717, 1.165) is 11.1 Å². The number of rotatable bonds is 3. The minimum Gasteiger partial charge on any atom is -0.469 e. The number of esters is 1. The molecule has 2 aromatic heterocycles. The average Bonchev–Trinajstić information content (AvgIpc) is 3.42. The zero-order valence-corrected chi connectivity index (χ0v) is 20.3. The molecule has 0 spiro atoms. The SMILES string of the molecule is COC(=O)[C@H]1[C@H]2c3ccccc3O[C@@]1(C)N=c1s/c(=C/c3ccc(-c4ccccc4Cl)o3)c(=O)n12. The molecule has 0 fully saturated rings. The second kappa shape index (κ2) is 7.96. The third kappa shape index (κ3) is 3.36. The third-order valence-electron chi connectivity index (χ3n) is 6.37. The highest BCUT2D eigenvalue weighted by Crippen LogP contribution is 2.47. The summed E-state index contributed by atoms with van der Waals surface area (Å²) in [4.78, 5) is 31.7. The van der Waals surface area contributed by atoms with Crippen LogP contribution in [0.4, 0.5) is 0 Å². The van der Waals surface area contributed by atoms with E-state index in [1.165, 1.54) is 18.4 Å². The number of furan rings is 1. The summed E-state index contributed by atoms with van der Waals surface area (Å²) in [7, 11) is 1.33. The maximum absolute atomic E-state index is 13.6. The third-order valence-corrected chi connectivity index (χ3v) is 7.69. The minimum absolute atomic E-state index is 0.262. The van der Waals surface area contributed by atoms with Crippen LogP contribution >= 0.6 is 22.9 Å². The molecule has 0 saturated carbocycles. The lowest BCUT2D eigenvalue weighted by Crippen LogP contribution is -2.58. The largest absolute Gasteiger partial charge is 0.469 e. The molecule has 0 aliphatic carbocycles. The monoisotopic (exact) mass is 506 g/mol. The maximum Gasteiger partial charge on any atom is 0.317 e. The van der Waals surface area contributed by atoms with E-state index in [-0.39, 0.29) is 5.56 Å². The Morgan fingerprint density at radius 1 is 1.17 bits per heavy atom.